The van der Waals surface area contributed by atoms with Crippen molar-refractivity contribution >= 4 is 11.6 Å². The van der Waals surface area contributed by atoms with Crippen LogP contribution in [0.2, 0.25) is 0 Å². The van der Waals surface area contributed by atoms with Gasteiger partial charge in [-0.3, -0.25) is 14.0 Å². The lowest BCUT2D eigenvalue weighted by atomic mass is 9.95. The second kappa shape index (κ2) is 6.09. The predicted molar refractivity (Wildman–Crippen MR) is 104 cm³/mol. The van der Waals surface area contributed by atoms with Crippen molar-refractivity contribution in [1.82, 2.24) is 19.3 Å². The summed E-state index contributed by atoms with van der Waals surface area (Å²) in [6.07, 6.45) is 8.25. The molecule has 2 aliphatic carbocycles. The van der Waals surface area contributed by atoms with E-state index in [2.05, 4.69) is 10.3 Å². The molecule has 3 heterocycles. The maximum atomic E-state index is 12.8. The monoisotopic (exact) mass is 380 g/mol. The first-order chi connectivity index (χ1) is 13.4. The van der Waals surface area contributed by atoms with E-state index in [0.717, 1.165) is 35.1 Å². The Morgan fingerprint density at radius 2 is 2.07 bits per heavy atom. The quantitative estimate of drug-likeness (QED) is 0.758. The number of aromatic nitrogens is 3. The standard InChI is InChI=1S/C21H24N4O3/c1-11-6-15(12(2)28-11)18-10-25-9-17(22-19(25)21(27)24(18)3)20(26)23-16-8-13-4-5-14(16)7-13/h6,9-10,13-14,16H,4-5,7-8H2,1-3H3,(H,23,26)/t13-,14+,16+/m0/s1. The Morgan fingerprint density at radius 1 is 1.25 bits per heavy atom. The zero-order valence-electron chi connectivity index (χ0n) is 16.4. The first kappa shape index (κ1) is 17.3. The molecule has 0 spiro atoms. The van der Waals surface area contributed by atoms with E-state index in [0.29, 0.717) is 5.92 Å². The Hall–Kier alpha value is -2.83. The highest BCUT2D eigenvalue weighted by atomic mass is 16.3. The number of fused-ring (bicyclic) bond motifs is 3. The van der Waals surface area contributed by atoms with Gasteiger partial charge in [-0.25, -0.2) is 4.98 Å². The zero-order chi connectivity index (χ0) is 19.6. The van der Waals surface area contributed by atoms with Gasteiger partial charge >= 0.3 is 0 Å². The topological polar surface area (TPSA) is 81.5 Å². The molecule has 3 aromatic heterocycles. The molecule has 5 rings (SSSR count). The average Bonchev–Trinajstić information content (AvgIpc) is 3.41. The van der Waals surface area contributed by atoms with Crippen LogP contribution in [0.5, 0.6) is 0 Å². The number of hydrogen-bond donors (Lipinski definition) is 1. The van der Waals surface area contributed by atoms with E-state index in [1.807, 2.05) is 26.1 Å². The highest BCUT2D eigenvalue weighted by Crippen LogP contribution is 2.44. The van der Waals surface area contributed by atoms with Crippen LogP contribution in [-0.2, 0) is 7.05 Å². The summed E-state index contributed by atoms with van der Waals surface area (Å²) in [7, 11) is 1.71. The molecule has 2 aliphatic rings. The van der Waals surface area contributed by atoms with E-state index in [1.54, 1.807) is 22.2 Å². The van der Waals surface area contributed by atoms with Crippen LogP contribution in [0.1, 0.15) is 47.7 Å². The van der Waals surface area contributed by atoms with Crippen molar-refractivity contribution < 1.29 is 9.21 Å². The van der Waals surface area contributed by atoms with Gasteiger partial charge in [0.05, 0.1) is 5.69 Å². The van der Waals surface area contributed by atoms with Crippen LogP contribution in [0.25, 0.3) is 16.9 Å². The van der Waals surface area contributed by atoms with Crippen molar-refractivity contribution in [2.45, 2.75) is 45.6 Å². The van der Waals surface area contributed by atoms with Gasteiger partial charge in [0, 0.05) is 31.0 Å². The maximum absolute atomic E-state index is 12.8. The molecule has 2 fully saturated rings. The van der Waals surface area contributed by atoms with Gasteiger partial charge in [0.15, 0.2) is 0 Å². The summed E-state index contributed by atoms with van der Waals surface area (Å²) < 4.78 is 8.81. The van der Waals surface area contributed by atoms with Crippen LogP contribution in [-0.4, -0.2) is 25.9 Å². The van der Waals surface area contributed by atoms with Crippen molar-refractivity contribution in [1.29, 1.82) is 0 Å². The van der Waals surface area contributed by atoms with Gasteiger partial charge in [0.1, 0.15) is 17.2 Å². The van der Waals surface area contributed by atoms with Crippen LogP contribution in [0.15, 0.2) is 27.7 Å². The lowest BCUT2D eigenvalue weighted by Crippen LogP contribution is -2.38. The first-order valence-corrected chi connectivity index (χ1v) is 9.87. The minimum atomic E-state index is -0.241. The van der Waals surface area contributed by atoms with Crippen LogP contribution in [0.4, 0.5) is 0 Å². The number of imidazole rings is 1. The number of rotatable bonds is 3. The average molecular weight is 380 g/mol. The number of aryl methyl sites for hydroxylation is 2. The van der Waals surface area contributed by atoms with E-state index in [-0.39, 0.29) is 28.8 Å². The molecule has 1 N–H and O–H groups in total. The van der Waals surface area contributed by atoms with Crippen LogP contribution in [0, 0.1) is 25.7 Å². The van der Waals surface area contributed by atoms with Crippen molar-refractivity contribution in [2.75, 3.05) is 0 Å². The van der Waals surface area contributed by atoms with Crippen molar-refractivity contribution in [2.24, 2.45) is 18.9 Å². The molecular formula is C21H24N4O3. The summed E-state index contributed by atoms with van der Waals surface area (Å²) in [5.74, 6) is 2.70. The van der Waals surface area contributed by atoms with E-state index in [9.17, 15) is 9.59 Å². The van der Waals surface area contributed by atoms with E-state index in [1.165, 1.54) is 19.3 Å². The molecule has 0 aliphatic heterocycles. The Labute approximate surface area is 162 Å². The first-order valence-electron chi connectivity index (χ1n) is 9.87. The summed E-state index contributed by atoms with van der Waals surface area (Å²) >= 11 is 0. The second-order valence-corrected chi connectivity index (χ2v) is 8.32. The smallest absolute Gasteiger partial charge is 0.294 e. The fourth-order valence-corrected chi connectivity index (χ4v) is 5.04. The second-order valence-electron chi connectivity index (χ2n) is 8.32. The van der Waals surface area contributed by atoms with Crippen LogP contribution < -0.4 is 10.9 Å². The molecule has 3 atom stereocenters. The maximum Gasteiger partial charge on any atom is 0.294 e. The third kappa shape index (κ3) is 2.60. The van der Waals surface area contributed by atoms with Crippen molar-refractivity contribution in [3.63, 3.8) is 0 Å². The van der Waals surface area contributed by atoms with Crippen molar-refractivity contribution in [3.05, 3.63) is 46.0 Å². The summed E-state index contributed by atoms with van der Waals surface area (Å²) in [6.45, 7) is 3.75. The molecule has 7 heteroatoms. The van der Waals surface area contributed by atoms with E-state index in [4.69, 9.17) is 4.42 Å². The van der Waals surface area contributed by atoms with E-state index < -0.39 is 0 Å². The van der Waals surface area contributed by atoms with Crippen LogP contribution in [0.3, 0.4) is 0 Å². The molecule has 0 unspecified atom stereocenters. The fraction of sp³-hybridized carbons (Fsp3) is 0.476. The zero-order valence-corrected chi connectivity index (χ0v) is 16.4. The third-order valence-electron chi connectivity index (χ3n) is 6.46. The molecule has 0 aromatic carbocycles. The molecule has 0 radical (unpaired) electrons. The molecular weight excluding hydrogens is 356 g/mol. The summed E-state index contributed by atoms with van der Waals surface area (Å²) in [6, 6.07) is 2.15. The third-order valence-corrected chi connectivity index (χ3v) is 6.46. The van der Waals surface area contributed by atoms with Crippen molar-refractivity contribution in [3.8, 4) is 11.3 Å². The molecule has 3 aromatic rings. The molecule has 7 nitrogen and oxygen atoms in total. The van der Waals surface area contributed by atoms with Crippen LogP contribution >= 0.6 is 0 Å². The molecule has 0 saturated heterocycles. The number of nitrogens with zero attached hydrogens (tertiary/aromatic N) is 3. The molecule has 1 amide bonds. The molecule has 146 valence electrons. The van der Waals surface area contributed by atoms with Gasteiger partial charge < -0.3 is 14.3 Å². The lowest BCUT2D eigenvalue weighted by molar-refractivity contribution is 0.0918. The minimum Gasteiger partial charge on any atom is -0.466 e. The van der Waals surface area contributed by atoms with Gasteiger partial charge in [-0.1, -0.05) is 6.42 Å². The van der Waals surface area contributed by atoms with Gasteiger partial charge in [-0.15, -0.1) is 0 Å². The number of hydrogen-bond acceptors (Lipinski definition) is 4. The Morgan fingerprint density at radius 3 is 2.71 bits per heavy atom. The molecule has 2 saturated carbocycles. The highest BCUT2D eigenvalue weighted by Gasteiger charge is 2.40. The number of amides is 1. The Balaban J connectivity index is 1.50. The van der Waals surface area contributed by atoms with Gasteiger partial charge in [-0.05, 0) is 51.0 Å². The molecule has 2 bridgehead atoms. The number of furan rings is 1. The molecule has 28 heavy (non-hydrogen) atoms. The minimum absolute atomic E-state index is 0.194. The Bertz CT molecular complexity index is 1150. The summed E-state index contributed by atoms with van der Waals surface area (Å²) in [5, 5.41) is 3.14. The Kier molecular flexibility index (Phi) is 3.76. The fourth-order valence-electron chi connectivity index (χ4n) is 5.04. The lowest BCUT2D eigenvalue weighted by Gasteiger charge is -2.22. The normalized spacial score (nSPS) is 23.6. The van der Waals surface area contributed by atoms with Gasteiger partial charge in [-0.2, -0.15) is 0 Å². The number of carbonyl (C=O) groups is 1. The predicted octanol–water partition coefficient (Wildman–Crippen LogP) is 2.83. The highest BCUT2D eigenvalue weighted by molar-refractivity contribution is 5.93. The van der Waals surface area contributed by atoms with E-state index >= 15 is 0 Å². The number of nitrogens with one attached hydrogen (secondary N) is 1. The SMILES string of the molecule is Cc1cc(-c2cn3cc(C(=O)N[C@@H]4C[C@H]5CC[C@@H]4C5)nc3c(=O)n2C)c(C)o1. The summed E-state index contributed by atoms with van der Waals surface area (Å²) in [4.78, 5) is 29.9. The van der Waals surface area contributed by atoms with Gasteiger partial charge in [0.25, 0.3) is 11.5 Å². The number of carbonyl (C=O) groups excluding carboxylic acids is 1. The summed E-state index contributed by atoms with van der Waals surface area (Å²) in [5.41, 5.74) is 1.89. The van der Waals surface area contributed by atoms with Gasteiger partial charge in [0.2, 0.25) is 5.65 Å². The largest absolute Gasteiger partial charge is 0.466 e.